The summed E-state index contributed by atoms with van der Waals surface area (Å²) in [6.45, 7) is 1.32. The largest absolute Gasteiger partial charge is 0.490 e. The number of ether oxygens (including phenoxy) is 2. The van der Waals surface area contributed by atoms with Gasteiger partial charge in [0.1, 0.15) is 0 Å². The Hall–Kier alpha value is -1.03. The second-order valence-electron chi connectivity index (χ2n) is 3.93. The van der Waals surface area contributed by atoms with Crippen molar-refractivity contribution in [2.75, 3.05) is 18.5 Å². The maximum atomic E-state index is 11.9. The third-order valence-corrected chi connectivity index (χ3v) is 3.17. The van der Waals surface area contributed by atoms with E-state index < -0.39 is 0 Å². The van der Waals surface area contributed by atoms with Gasteiger partial charge >= 0.3 is 0 Å². The summed E-state index contributed by atoms with van der Waals surface area (Å²) < 4.78 is 11.1. The lowest BCUT2D eigenvalue weighted by Crippen LogP contribution is -2.01. The molecule has 0 amide bonds. The summed E-state index contributed by atoms with van der Waals surface area (Å²) in [5.74, 6) is 1.58. The van der Waals surface area contributed by atoms with E-state index in [0.717, 1.165) is 23.9 Å². The molecule has 0 unspecified atom stereocenters. The molecule has 0 aliphatic carbocycles. The van der Waals surface area contributed by atoms with E-state index in [1.807, 2.05) is 12.1 Å². The molecule has 0 saturated heterocycles. The van der Waals surface area contributed by atoms with Crippen LogP contribution in [0, 0.1) is 0 Å². The van der Waals surface area contributed by atoms with E-state index in [1.165, 1.54) is 0 Å². The average Bonchev–Trinajstić information content (AvgIpc) is 2.60. The Balaban J connectivity index is 2.14. The number of fused-ring (bicyclic) bond motifs is 1. The smallest absolute Gasteiger partial charge is 0.163 e. The van der Waals surface area contributed by atoms with E-state index in [4.69, 9.17) is 9.47 Å². The minimum absolute atomic E-state index is 0.153. The summed E-state index contributed by atoms with van der Waals surface area (Å²) in [4.78, 5) is 11.9. The monoisotopic (exact) mass is 298 g/mol. The van der Waals surface area contributed by atoms with Crippen molar-refractivity contribution in [3.8, 4) is 11.5 Å². The number of hydrogen-bond donors (Lipinski definition) is 0. The number of halogens is 1. The highest BCUT2D eigenvalue weighted by Crippen LogP contribution is 2.30. The third-order valence-electron chi connectivity index (χ3n) is 2.61. The third kappa shape index (κ3) is 3.22. The maximum Gasteiger partial charge on any atom is 0.163 e. The van der Waals surface area contributed by atoms with Crippen molar-refractivity contribution in [3.05, 3.63) is 23.8 Å². The lowest BCUT2D eigenvalue weighted by molar-refractivity contribution is 0.0981. The molecule has 2 rings (SSSR count). The van der Waals surface area contributed by atoms with Crippen LogP contribution in [0.15, 0.2) is 18.2 Å². The van der Waals surface area contributed by atoms with Crippen LogP contribution < -0.4 is 9.47 Å². The lowest BCUT2D eigenvalue weighted by Gasteiger charge is -2.08. The average molecular weight is 299 g/mol. The van der Waals surface area contributed by atoms with Crippen LogP contribution in [0.3, 0.4) is 0 Å². The van der Waals surface area contributed by atoms with Crippen molar-refractivity contribution in [3.63, 3.8) is 0 Å². The highest BCUT2D eigenvalue weighted by atomic mass is 79.9. The summed E-state index contributed by atoms with van der Waals surface area (Å²) in [6, 6.07) is 5.42. The molecular formula is C13H15BrO3. The Morgan fingerprint density at radius 2 is 2.00 bits per heavy atom. The molecule has 0 fully saturated rings. The zero-order valence-corrected chi connectivity index (χ0v) is 11.2. The fraction of sp³-hybridized carbons (Fsp3) is 0.462. The van der Waals surface area contributed by atoms with E-state index >= 15 is 0 Å². The Morgan fingerprint density at radius 3 is 2.76 bits per heavy atom. The number of benzene rings is 1. The predicted molar refractivity (Wildman–Crippen MR) is 69.4 cm³/mol. The van der Waals surface area contributed by atoms with Crippen LogP contribution in [0.4, 0.5) is 0 Å². The van der Waals surface area contributed by atoms with Gasteiger partial charge in [0.2, 0.25) is 0 Å². The van der Waals surface area contributed by atoms with Gasteiger partial charge in [0.15, 0.2) is 17.3 Å². The quantitative estimate of drug-likeness (QED) is 0.632. The van der Waals surface area contributed by atoms with Crippen molar-refractivity contribution in [1.29, 1.82) is 0 Å². The molecule has 0 bridgehead atoms. The van der Waals surface area contributed by atoms with Crippen molar-refractivity contribution in [2.24, 2.45) is 0 Å². The fourth-order valence-electron chi connectivity index (χ4n) is 1.71. The van der Waals surface area contributed by atoms with Gasteiger partial charge in [-0.1, -0.05) is 15.9 Å². The Kier molecular flexibility index (Phi) is 4.42. The molecule has 3 nitrogen and oxygen atoms in total. The maximum absolute atomic E-state index is 11.9. The van der Waals surface area contributed by atoms with E-state index in [1.54, 1.807) is 6.07 Å². The number of Topliss-reactive ketones (excluding diaryl/α,β-unsaturated/α-hetero) is 1. The number of carbonyl (C=O) groups is 1. The molecule has 1 aromatic carbocycles. The van der Waals surface area contributed by atoms with Gasteiger partial charge in [0.25, 0.3) is 0 Å². The summed E-state index contributed by atoms with van der Waals surface area (Å²) in [6.07, 6.45) is 2.29. The van der Waals surface area contributed by atoms with Crippen LogP contribution >= 0.6 is 15.9 Å². The normalized spacial score (nSPS) is 14.2. The lowest BCUT2D eigenvalue weighted by atomic mass is 10.1. The van der Waals surface area contributed by atoms with Crippen molar-refractivity contribution >= 4 is 21.7 Å². The van der Waals surface area contributed by atoms with Crippen LogP contribution in [0.1, 0.15) is 29.6 Å². The molecule has 17 heavy (non-hydrogen) atoms. The first-order valence-electron chi connectivity index (χ1n) is 5.80. The molecule has 0 radical (unpaired) electrons. The molecule has 92 valence electrons. The van der Waals surface area contributed by atoms with Gasteiger partial charge in [0.05, 0.1) is 13.2 Å². The molecule has 0 saturated carbocycles. The van der Waals surface area contributed by atoms with Crippen molar-refractivity contribution < 1.29 is 14.3 Å². The second-order valence-corrected chi connectivity index (χ2v) is 4.72. The van der Waals surface area contributed by atoms with E-state index in [-0.39, 0.29) is 5.78 Å². The van der Waals surface area contributed by atoms with Crippen molar-refractivity contribution in [1.82, 2.24) is 0 Å². The molecular weight excluding hydrogens is 284 g/mol. The number of carbonyl (C=O) groups excluding carboxylic acids is 1. The molecule has 0 aromatic heterocycles. The van der Waals surface area contributed by atoms with Gasteiger partial charge in [-0.15, -0.1) is 0 Å². The standard InChI is InChI=1S/C13H15BrO3/c14-6-1-3-11(15)10-4-5-12-13(9-10)17-8-2-7-16-12/h4-5,9H,1-3,6-8H2. The number of alkyl halides is 1. The summed E-state index contributed by atoms with van der Waals surface area (Å²) >= 11 is 3.32. The van der Waals surface area contributed by atoms with Crippen LogP contribution in [0.2, 0.25) is 0 Å². The van der Waals surface area contributed by atoms with Crippen LogP contribution in [0.25, 0.3) is 0 Å². The van der Waals surface area contributed by atoms with Gasteiger partial charge in [-0.05, 0) is 24.6 Å². The van der Waals surface area contributed by atoms with Crippen LogP contribution in [-0.2, 0) is 0 Å². The van der Waals surface area contributed by atoms with Crippen LogP contribution in [0.5, 0.6) is 11.5 Å². The predicted octanol–water partition coefficient (Wildman–Crippen LogP) is 3.21. The van der Waals surface area contributed by atoms with Gasteiger partial charge in [-0.3, -0.25) is 4.79 Å². The molecule has 4 heteroatoms. The Bertz CT molecular complexity index is 404. The number of hydrogen-bond acceptors (Lipinski definition) is 3. The molecule has 1 aromatic rings. The molecule has 0 N–H and O–H groups in total. The molecule has 1 aliphatic heterocycles. The van der Waals surface area contributed by atoms with Gasteiger partial charge in [0, 0.05) is 23.7 Å². The summed E-state index contributed by atoms with van der Waals surface area (Å²) in [5.41, 5.74) is 0.704. The van der Waals surface area contributed by atoms with Crippen molar-refractivity contribution in [2.45, 2.75) is 19.3 Å². The summed E-state index contributed by atoms with van der Waals surface area (Å²) in [5, 5.41) is 0.850. The molecule has 1 heterocycles. The molecule has 0 spiro atoms. The van der Waals surface area contributed by atoms with E-state index in [9.17, 15) is 4.79 Å². The first-order chi connectivity index (χ1) is 8.31. The van der Waals surface area contributed by atoms with Gasteiger partial charge in [-0.25, -0.2) is 0 Å². The number of ketones is 1. The zero-order valence-electron chi connectivity index (χ0n) is 9.58. The molecule has 1 aliphatic rings. The minimum Gasteiger partial charge on any atom is -0.490 e. The van der Waals surface area contributed by atoms with E-state index in [2.05, 4.69) is 15.9 Å². The highest BCUT2D eigenvalue weighted by Gasteiger charge is 2.13. The SMILES string of the molecule is O=C(CCCBr)c1ccc2c(c1)OCCCO2. The first-order valence-corrected chi connectivity index (χ1v) is 6.92. The Labute approximate surface area is 109 Å². The topological polar surface area (TPSA) is 35.5 Å². The van der Waals surface area contributed by atoms with E-state index in [0.29, 0.717) is 30.9 Å². The van der Waals surface area contributed by atoms with Gasteiger partial charge < -0.3 is 9.47 Å². The van der Waals surface area contributed by atoms with Crippen LogP contribution in [-0.4, -0.2) is 24.3 Å². The molecule has 0 atom stereocenters. The second kappa shape index (κ2) is 6.05. The minimum atomic E-state index is 0.153. The van der Waals surface area contributed by atoms with Gasteiger partial charge in [-0.2, -0.15) is 0 Å². The first kappa shape index (κ1) is 12.4. The Morgan fingerprint density at radius 1 is 1.24 bits per heavy atom. The zero-order chi connectivity index (χ0) is 12.1. The fourth-order valence-corrected chi connectivity index (χ4v) is 1.99. The number of rotatable bonds is 4. The highest BCUT2D eigenvalue weighted by molar-refractivity contribution is 9.09. The summed E-state index contributed by atoms with van der Waals surface area (Å²) in [7, 11) is 0.